The Bertz CT molecular complexity index is 978. The molecular weight excluding hydrogens is 370 g/mol. The van der Waals surface area contributed by atoms with Crippen LogP contribution in [0.15, 0.2) is 36.7 Å². The minimum atomic E-state index is -0.609. The molecule has 1 saturated heterocycles. The van der Waals surface area contributed by atoms with Gasteiger partial charge in [0, 0.05) is 44.5 Å². The number of anilines is 1. The van der Waals surface area contributed by atoms with Crippen LogP contribution >= 0.6 is 0 Å². The van der Waals surface area contributed by atoms with Gasteiger partial charge in [-0.1, -0.05) is 18.2 Å². The van der Waals surface area contributed by atoms with Crippen molar-refractivity contribution in [3.05, 3.63) is 47.9 Å². The standard InChI is InChI=1S/C20H25N7O2/c1-26-18(16-4-2-3-5-17(16)24-26)13-21-10-14-6-8-27(9-7-14)20-22-11-15(12-23-20)19(28)25-29/h2-5,11-12,14,21,29H,6-10,13H2,1H3,(H,25,28). The second-order valence-electron chi connectivity index (χ2n) is 7.36. The fourth-order valence-corrected chi connectivity index (χ4v) is 3.81. The summed E-state index contributed by atoms with van der Waals surface area (Å²) in [5.74, 6) is 0.611. The van der Waals surface area contributed by atoms with Crippen LogP contribution in [-0.2, 0) is 13.6 Å². The molecule has 0 saturated carbocycles. The Labute approximate surface area is 168 Å². The number of amides is 1. The van der Waals surface area contributed by atoms with Crippen molar-refractivity contribution >= 4 is 22.8 Å². The predicted molar refractivity (Wildman–Crippen MR) is 109 cm³/mol. The molecule has 1 fully saturated rings. The van der Waals surface area contributed by atoms with Gasteiger partial charge in [-0.05, 0) is 31.4 Å². The number of carbonyl (C=O) groups excluding carboxylic acids is 1. The third-order valence-electron chi connectivity index (χ3n) is 5.49. The van der Waals surface area contributed by atoms with Gasteiger partial charge in [0.15, 0.2) is 0 Å². The summed E-state index contributed by atoms with van der Waals surface area (Å²) in [5, 5.41) is 18.0. The number of rotatable bonds is 6. The minimum absolute atomic E-state index is 0.234. The van der Waals surface area contributed by atoms with Crippen molar-refractivity contribution in [1.82, 2.24) is 30.5 Å². The Morgan fingerprint density at radius 1 is 1.21 bits per heavy atom. The molecule has 0 bridgehead atoms. The number of aryl methyl sites for hydroxylation is 1. The number of nitrogens with zero attached hydrogens (tertiary/aromatic N) is 5. The predicted octanol–water partition coefficient (Wildman–Crippen LogP) is 1.49. The molecule has 152 valence electrons. The van der Waals surface area contributed by atoms with E-state index in [9.17, 15) is 4.79 Å². The Hall–Kier alpha value is -3.04. The summed E-state index contributed by atoms with van der Waals surface area (Å²) in [4.78, 5) is 22.0. The molecule has 1 aliphatic rings. The summed E-state index contributed by atoms with van der Waals surface area (Å²) in [5.41, 5.74) is 4.06. The van der Waals surface area contributed by atoms with E-state index in [0.717, 1.165) is 44.5 Å². The molecule has 0 spiro atoms. The summed E-state index contributed by atoms with van der Waals surface area (Å²) >= 11 is 0. The van der Waals surface area contributed by atoms with Crippen LogP contribution in [0.25, 0.3) is 10.9 Å². The number of benzene rings is 1. The van der Waals surface area contributed by atoms with Gasteiger partial charge in [-0.2, -0.15) is 5.10 Å². The van der Waals surface area contributed by atoms with E-state index in [1.54, 1.807) is 5.48 Å². The van der Waals surface area contributed by atoms with Gasteiger partial charge in [-0.25, -0.2) is 15.4 Å². The summed E-state index contributed by atoms with van der Waals surface area (Å²) in [6.45, 7) is 3.53. The largest absolute Gasteiger partial charge is 0.341 e. The maximum Gasteiger partial charge on any atom is 0.277 e. The summed E-state index contributed by atoms with van der Waals surface area (Å²) < 4.78 is 1.96. The van der Waals surface area contributed by atoms with Crippen molar-refractivity contribution in [1.29, 1.82) is 0 Å². The first-order chi connectivity index (χ1) is 14.2. The van der Waals surface area contributed by atoms with Gasteiger partial charge in [0.25, 0.3) is 5.91 Å². The van der Waals surface area contributed by atoms with Crippen LogP contribution in [-0.4, -0.2) is 50.5 Å². The van der Waals surface area contributed by atoms with Gasteiger partial charge in [-0.3, -0.25) is 14.7 Å². The second kappa shape index (κ2) is 8.54. The fraction of sp³-hybridized carbons (Fsp3) is 0.400. The number of hydroxylamine groups is 1. The summed E-state index contributed by atoms with van der Waals surface area (Å²) in [6, 6.07) is 8.22. The van der Waals surface area contributed by atoms with Crippen molar-refractivity contribution in [3.63, 3.8) is 0 Å². The molecule has 1 aromatic carbocycles. The first-order valence-electron chi connectivity index (χ1n) is 9.78. The highest BCUT2D eigenvalue weighted by molar-refractivity contribution is 5.92. The van der Waals surface area contributed by atoms with Crippen molar-refractivity contribution in [2.45, 2.75) is 19.4 Å². The zero-order valence-electron chi connectivity index (χ0n) is 16.4. The molecule has 2 aromatic heterocycles. The Morgan fingerprint density at radius 3 is 2.66 bits per heavy atom. The molecule has 9 nitrogen and oxygen atoms in total. The monoisotopic (exact) mass is 395 g/mol. The first kappa shape index (κ1) is 19.3. The highest BCUT2D eigenvalue weighted by Crippen LogP contribution is 2.21. The maximum atomic E-state index is 11.4. The number of aromatic nitrogens is 4. The fourth-order valence-electron chi connectivity index (χ4n) is 3.81. The Kier molecular flexibility index (Phi) is 5.68. The number of nitrogens with one attached hydrogen (secondary N) is 2. The number of fused-ring (bicyclic) bond motifs is 1. The maximum absolute atomic E-state index is 11.4. The number of hydrogen-bond acceptors (Lipinski definition) is 7. The smallest absolute Gasteiger partial charge is 0.277 e. The SMILES string of the molecule is Cn1nc2ccccc2c1CNCC1CCN(c2ncc(C(=O)NO)cn2)CC1. The van der Waals surface area contributed by atoms with Gasteiger partial charge in [0.1, 0.15) is 0 Å². The minimum Gasteiger partial charge on any atom is -0.341 e. The highest BCUT2D eigenvalue weighted by atomic mass is 16.5. The lowest BCUT2D eigenvalue weighted by atomic mass is 9.97. The lowest BCUT2D eigenvalue weighted by Crippen LogP contribution is -2.38. The van der Waals surface area contributed by atoms with Gasteiger partial charge in [0.2, 0.25) is 5.95 Å². The molecule has 1 aliphatic heterocycles. The van der Waals surface area contributed by atoms with E-state index in [1.165, 1.54) is 23.5 Å². The van der Waals surface area contributed by atoms with Crippen LogP contribution in [0.4, 0.5) is 5.95 Å². The summed E-state index contributed by atoms with van der Waals surface area (Å²) in [7, 11) is 1.99. The van der Waals surface area contributed by atoms with Crippen LogP contribution in [0.3, 0.4) is 0 Å². The molecule has 3 heterocycles. The third kappa shape index (κ3) is 4.20. The highest BCUT2D eigenvalue weighted by Gasteiger charge is 2.21. The Morgan fingerprint density at radius 2 is 1.93 bits per heavy atom. The summed E-state index contributed by atoms with van der Waals surface area (Å²) in [6.07, 6.45) is 4.97. The second-order valence-corrected chi connectivity index (χ2v) is 7.36. The van der Waals surface area contributed by atoms with Gasteiger partial charge < -0.3 is 10.2 Å². The molecule has 1 amide bonds. The molecule has 3 aromatic rings. The van der Waals surface area contributed by atoms with Crippen LogP contribution in [0.2, 0.25) is 0 Å². The van der Waals surface area contributed by atoms with E-state index in [2.05, 4.69) is 31.3 Å². The molecule has 0 unspecified atom stereocenters. The van der Waals surface area contributed by atoms with Crippen LogP contribution < -0.4 is 15.7 Å². The normalized spacial score (nSPS) is 15.0. The molecule has 0 radical (unpaired) electrons. The lowest BCUT2D eigenvalue weighted by molar-refractivity contribution is 0.0705. The van der Waals surface area contributed by atoms with Crippen LogP contribution in [0.5, 0.6) is 0 Å². The quantitative estimate of drug-likeness (QED) is 0.429. The van der Waals surface area contributed by atoms with Crippen molar-refractivity contribution in [3.8, 4) is 0 Å². The lowest BCUT2D eigenvalue weighted by Gasteiger charge is -2.32. The van der Waals surface area contributed by atoms with E-state index >= 15 is 0 Å². The molecule has 0 aliphatic carbocycles. The molecule has 4 rings (SSSR count). The zero-order valence-corrected chi connectivity index (χ0v) is 16.4. The molecule has 29 heavy (non-hydrogen) atoms. The van der Waals surface area contributed by atoms with Gasteiger partial charge in [-0.15, -0.1) is 0 Å². The zero-order chi connectivity index (χ0) is 20.2. The number of hydrogen-bond donors (Lipinski definition) is 3. The number of carbonyl (C=O) groups is 1. The Balaban J connectivity index is 1.27. The molecule has 3 N–H and O–H groups in total. The topological polar surface area (TPSA) is 108 Å². The third-order valence-corrected chi connectivity index (χ3v) is 5.49. The van der Waals surface area contributed by atoms with Crippen LogP contribution in [0, 0.1) is 5.92 Å². The van der Waals surface area contributed by atoms with Crippen molar-refractivity contribution < 1.29 is 10.0 Å². The average Bonchev–Trinajstić information content (AvgIpc) is 3.09. The van der Waals surface area contributed by atoms with E-state index < -0.39 is 5.91 Å². The average molecular weight is 395 g/mol. The van der Waals surface area contributed by atoms with Crippen molar-refractivity contribution in [2.24, 2.45) is 13.0 Å². The van der Waals surface area contributed by atoms with E-state index in [1.807, 2.05) is 29.9 Å². The molecule has 0 atom stereocenters. The molecular formula is C20H25N7O2. The van der Waals surface area contributed by atoms with Crippen LogP contribution in [0.1, 0.15) is 28.9 Å². The molecule has 9 heteroatoms. The van der Waals surface area contributed by atoms with E-state index in [-0.39, 0.29) is 5.56 Å². The first-order valence-corrected chi connectivity index (χ1v) is 9.78. The van der Waals surface area contributed by atoms with Gasteiger partial charge >= 0.3 is 0 Å². The van der Waals surface area contributed by atoms with E-state index in [4.69, 9.17) is 5.21 Å². The number of piperidine rings is 1. The van der Waals surface area contributed by atoms with Crippen molar-refractivity contribution in [2.75, 3.05) is 24.5 Å². The van der Waals surface area contributed by atoms with Gasteiger partial charge in [0.05, 0.1) is 16.8 Å². The van der Waals surface area contributed by atoms with E-state index in [0.29, 0.717) is 11.9 Å².